The Balaban J connectivity index is 3.64. The van der Waals surface area contributed by atoms with E-state index in [0.29, 0.717) is 0 Å². The summed E-state index contributed by atoms with van der Waals surface area (Å²) in [5.74, 6) is -1.52. The molecule has 0 unspecified atom stereocenters. The van der Waals surface area contributed by atoms with Gasteiger partial charge in [0.05, 0.1) is 7.11 Å². The largest absolute Gasteiger partial charge is 0.494 e. The number of carboxylic acids is 1. The van der Waals surface area contributed by atoms with Crippen molar-refractivity contribution < 1.29 is 23.1 Å². The number of carboxylic acid groups (broad SMARTS) is 1. The van der Waals surface area contributed by atoms with E-state index >= 15 is 0 Å². The van der Waals surface area contributed by atoms with E-state index in [2.05, 4.69) is 0 Å². The average molecular weight is 322 g/mol. The van der Waals surface area contributed by atoms with Gasteiger partial charge in [-0.25, -0.2) is 13.2 Å². The molecule has 0 aliphatic heterocycles. The number of aromatic carboxylic acids is 1. The van der Waals surface area contributed by atoms with Crippen molar-refractivity contribution in [3.8, 4) is 5.75 Å². The zero-order valence-electron chi connectivity index (χ0n) is 11.4. The molecular formula is C12H16ClNO5S. The Morgan fingerprint density at radius 3 is 2.30 bits per heavy atom. The van der Waals surface area contributed by atoms with Gasteiger partial charge >= 0.3 is 5.97 Å². The molecule has 0 heterocycles. The molecule has 0 saturated carbocycles. The van der Waals surface area contributed by atoms with E-state index in [0.717, 1.165) is 6.07 Å². The van der Waals surface area contributed by atoms with Gasteiger partial charge in [0.15, 0.2) is 5.75 Å². The molecule has 6 nitrogen and oxygen atoms in total. The number of hydrogen-bond acceptors (Lipinski definition) is 4. The van der Waals surface area contributed by atoms with Crippen molar-refractivity contribution in [1.82, 2.24) is 4.31 Å². The van der Waals surface area contributed by atoms with Gasteiger partial charge in [0.1, 0.15) is 10.5 Å². The lowest BCUT2D eigenvalue weighted by Gasteiger charge is -2.21. The number of halogens is 1. The second-order valence-electron chi connectivity index (χ2n) is 3.88. The lowest BCUT2D eigenvalue weighted by Crippen LogP contribution is -2.31. The number of sulfonamides is 1. The molecule has 8 heteroatoms. The van der Waals surface area contributed by atoms with Crippen LogP contribution in [0.5, 0.6) is 5.75 Å². The van der Waals surface area contributed by atoms with Crippen LogP contribution in [0.3, 0.4) is 0 Å². The summed E-state index contributed by atoms with van der Waals surface area (Å²) in [5.41, 5.74) is -0.286. The van der Waals surface area contributed by atoms with E-state index in [9.17, 15) is 13.2 Å². The summed E-state index contributed by atoms with van der Waals surface area (Å²) in [6.07, 6.45) is 0. The molecule has 1 aromatic rings. The van der Waals surface area contributed by atoms with Crippen molar-refractivity contribution in [3.05, 3.63) is 22.7 Å². The van der Waals surface area contributed by atoms with E-state index in [1.807, 2.05) is 0 Å². The molecule has 0 radical (unpaired) electrons. The molecule has 0 bridgehead atoms. The molecule has 0 aliphatic carbocycles. The van der Waals surface area contributed by atoms with E-state index < -0.39 is 16.0 Å². The highest BCUT2D eigenvalue weighted by Gasteiger charge is 2.29. The van der Waals surface area contributed by atoms with Gasteiger partial charge in [-0.2, -0.15) is 4.31 Å². The summed E-state index contributed by atoms with van der Waals surface area (Å²) in [6.45, 7) is 3.90. The Hall–Kier alpha value is -1.31. The Bertz CT molecular complexity index is 611. The minimum absolute atomic E-state index is 0.0222. The normalized spacial score (nSPS) is 11.7. The molecule has 112 valence electrons. The first-order chi connectivity index (χ1) is 9.29. The summed E-state index contributed by atoms with van der Waals surface area (Å²) < 4.78 is 31.2. The predicted molar refractivity (Wildman–Crippen MR) is 75.1 cm³/mol. The van der Waals surface area contributed by atoms with Crippen LogP contribution < -0.4 is 4.74 Å². The SMILES string of the molecule is CCN(CC)S(=O)(=O)c1cc(Cl)cc(C(=O)O)c1OC. The number of ether oxygens (including phenoxy) is 1. The maximum Gasteiger partial charge on any atom is 0.339 e. The number of hydrogen-bond donors (Lipinski definition) is 1. The molecule has 20 heavy (non-hydrogen) atoms. The first kappa shape index (κ1) is 16.7. The van der Waals surface area contributed by atoms with Crippen LogP contribution in [0.2, 0.25) is 5.02 Å². The van der Waals surface area contributed by atoms with E-state index in [-0.39, 0.29) is 34.3 Å². The Kier molecular flexibility index (Phi) is 5.38. The number of methoxy groups -OCH3 is 1. The third-order valence-corrected chi connectivity index (χ3v) is 5.05. The number of rotatable bonds is 6. The highest BCUT2D eigenvalue weighted by Crippen LogP contribution is 2.33. The van der Waals surface area contributed by atoms with Crippen LogP contribution in [-0.4, -0.2) is 44.0 Å². The van der Waals surface area contributed by atoms with Crippen LogP contribution in [0.1, 0.15) is 24.2 Å². The first-order valence-electron chi connectivity index (χ1n) is 5.90. The van der Waals surface area contributed by atoms with Crippen LogP contribution in [0.25, 0.3) is 0 Å². The highest BCUT2D eigenvalue weighted by molar-refractivity contribution is 7.89. The zero-order valence-corrected chi connectivity index (χ0v) is 13.0. The summed E-state index contributed by atoms with van der Waals surface area (Å²) in [7, 11) is -2.64. The van der Waals surface area contributed by atoms with Crippen molar-refractivity contribution in [2.45, 2.75) is 18.7 Å². The van der Waals surface area contributed by atoms with E-state index in [4.69, 9.17) is 21.4 Å². The second kappa shape index (κ2) is 6.43. The zero-order chi connectivity index (χ0) is 15.5. The molecule has 0 saturated heterocycles. The van der Waals surface area contributed by atoms with Crippen LogP contribution >= 0.6 is 11.6 Å². The topological polar surface area (TPSA) is 83.9 Å². The predicted octanol–water partition coefficient (Wildman–Crippen LogP) is 2.08. The van der Waals surface area contributed by atoms with Crippen LogP contribution in [0.15, 0.2) is 17.0 Å². The monoisotopic (exact) mass is 321 g/mol. The molecule has 0 atom stereocenters. The minimum Gasteiger partial charge on any atom is -0.494 e. The summed E-state index contributed by atoms with van der Waals surface area (Å²) >= 11 is 5.82. The van der Waals surface area contributed by atoms with Gasteiger partial charge in [0.2, 0.25) is 10.0 Å². The van der Waals surface area contributed by atoms with Gasteiger partial charge in [-0.15, -0.1) is 0 Å². The van der Waals surface area contributed by atoms with E-state index in [1.165, 1.54) is 17.5 Å². The molecule has 0 aromatic heterocycles. The summed E-state index contributed by atoms with van der Waals surface area (Å²) in [6, 6.07) is 2.35. The molecule has 1 rings (SSSR count). The lowest BCUT2D eigenvalue weighted by atomic mass is 10.2. The molecule has 0 fully saturated rings. The maximum atomic E-state index is 12.5. The fourth-order valence-corrected chi connectivity index (χ4v) is 3.78. The van der Waals surface area contributed by atoms with Crippen LogP contribution in [-0.2, 0) is 10.0 Å². The van der Waals surface area contributed by atoms with Gasteiger partial charge in [0.25, 0.3) is 0 Å². The lowest BCUT2D eigenvalue weighted by molar-refractivity contribution is 0.0693. The van der Waals surface area contributed by atoms with Crippen molar-refractivity contribution in [1.29, 1.82) is 0 Å². The fraction of sp³-hybridized carbons (Fsp3) is 0.417. The van der Waals surface area contributed by atoms with Crippen molar-refractivity contribution >= 4 is 27.6 Å². The first-order valence-corrected chi connectivity index (χ1v) is 7.72. The van der Waals surface area contributed by atoms with Crippen molar-refractivity contribution in [2.75, 3.05) is 20.2 Å². The molecule has 1 N–H and O–H groups in total. The van der Waals surface area contributed by atoms with Gasteiger partial charge < -0.3 is 9.84 Å². The Morgan fingerprint density at radius 1 is 1.35 bits per heavy atom. The average Bonchev–Trinajstić information content (AvgIpc) is 2.38. The smallest absolute Gasteiger partial charge is 0.339 e. The van der Waals surface area contributed by atoms with Crippen molar-refractivity contribution in [2.24, 2.45) is 0 Å². The number of carbonyl (C=O) groups is 1. The highest BCUT2D eigenvalue weighted by atomic mass is 35.5. The minimum atomic E-state index is -3.86. The maximum absolute atomic E-state index is 12.5. The van der Waals surface area contributed by atoms with Gasteiger partial charge in [-0.3, -0.25) is 0 Å². The molecule has 0 amide bonds. The van der Waals surface area contributed by atoms with Crippen LogP contribution in [0, 0.1) is 0 Å². The number of benzene rings is 1. The molecule has 0 aliphatic rings. The fourth-order valence-electron chi connectivity index (χ4n) is 1.83. The standard InChI is InChI=1S/C12H16ClNO5S/c1-4-14(5-2)20(17,18)10-7-8(13)6-9(12(15)16)11(10)19-3/h6-7H,4-5H2,1-3H3,(H,15,16). The van der Waals surface area contributed by atoms with Gasteiger partial charge in [-0.1, -0.05) is 25.4 Å². The van der Waals surface area contributed by atoms with Crippen molar-refractivity contribution in [3.63, 3.8) is 0 Å². The molecular weight excluding hydrogens is 306 g/mol. The Labute approximate surface area is 123 Å². The summed E-state index contributed by atoms with van der Waals surface area (Å²) in [4.78, 5) is 10.9. The number of nitrogens with zero attached hydrogens (tertiary/aromatic N) is 1. The third-order valence-electron chi connectivity index (χ3n) is 2.78. The van der Waals surface area contributed by atoms with Crippen LogP contribution in [0.4, 0.5) is 0 Å². The van der Waals surface area contributed by atoms with Gasteiger partial charge in [0, 0.05) is 18.1 Å². The van der Waals surface area contributed by atoms with E-state index in [1.54, 1.807) is 13.8 Å². The quantitative estimate of drug-likeness (QED) is 0.867. The second-order valence-corrected chi connectivity index (χ2v) is 6.22. The third kappa shape index (κ3) is 3.05. The molecule has 1 aromatic carbocycles. The summed E-state index contributed by atoms with van der Waals surface area (Å²) in [5, 5.41) is 9.14. The Morgan fingerprint density at radius 2 is 1.90 bits per heavy atom. The molecule has 0 spiro atoms. The van der Waals surface area contributed by atoms with Gasteiger partial charge in [-0.05, 0) is 12.1 Å².